The summed E-state index contributed by atoms with van der Waals surface area (Å²) >= 11 is 6.33. The minimum absolute atomic E-state index is 0.492. The first-order valence-corrected chi connectivity index (χ1v) is 10.7. The van der Waals surface area contributed by atoms with Gasteiger partial charge in [0.2, 0.25) is 0 Å². The summed E-state index contributed by atoms with van der Waals surface area (Å²) in [4.78, 5) is 4.74. The van der Waals surface area contributed by atoms with Crippen LogP contribution >= 0.6 is 11.6 Å². The molecule has 1 atom stereocenters. The first kappa shape index (κ1) is 20.4. The van der Waals surface area contributed by atoms with Crippen molar-refractivity contribution in [2.24, 2.45) is 5.92 Å². The average Bonchev–Trinajstić information content (AvgIpc) is 3.50. The molecule has 0 aliphatic heterocycles. The molecule has 0 saturated heterocycles. The fraction of sp³-hybridized carbons (Fsp3) is 0.591. The summed E-state index contributed by atoms with van der Waals surface area (Å²) in [7, 11) is 0. The maximum Gasteiger partial charge on any atom is 0.145 e. The van der Waals surface area contributed by atoms with Gasteiger partial charge >= 0.3 is 0 Å². The van der Waals surface area contributed by atoms with Gasteiger partial charge < -0.3 is 9.84 Å². The molecule has 1 aliphatic carbocycles. The van der Waals surface area contributed by atoms with Gasteiger partial charge in [-0.2, -0.15) is 0 Å². The third-order valence-electron chi connectivity index (χ3n) is 5.10. The maximum atomic E-state index is 10.1. The highest BCUT2D eigenvalue weighted by Gasteiger charge is 2.22. The second kappa shape index (κ2) is 10.3. The number of rotatable bonds is 12. The van der Waals surface area contributed by atoms with Crippen LogP contribution in [0.3, 0.4) is 0 Å². The lowest BCUT2D eigenvalue weighted by molar-refractivity contribution is 0.122. The molecule has 0 spiro atoms. The lowest BCUT2D eigenvalue weighted by Gasteiger charge is -2.14. The van der Waals surface area contributed by atoms with Gasteiger partial charge in [-0.25, -0.2) is 4.98 Å². The van der Waals surface area contributed by atoms with Crippen molar-refractivity contribution in [1.82, 2.24) is 10.3 Å². The summed E-state index contributed by atoms with van der Waals surface area (Å²) in [6.07, 6.45) is 8.79. The molecule has 1 aliphatic rings. The molecule has 1 aromatic heterocycles. The quantitative estimate of drug-likeness (QED) is 0.374. The Balaban J connectivity index is 1.57. The molecule has 148 valence electrons. The number of hydrogen-bond acceptors (Lipinski definition) is 4. The number of aliphatic hydroxyl groups is 1. The predicted molar refractivity (Wildman–Crippen MR) is 111 cm³/mol. The van der Waals surface area contributed by atoms with Gasteiger partial charge in [0.05, 0.1) is 17.3 Å². The van der Waals surface area contributed by atoms with Crippen LogP contribution in [0.2, 0.25) is 5.02 Å². The molecule has 1 unspecified atom stereocenters. The van der Waals surface area contributed by atoms with E-state index in [-0.39, 0.29) is 0 Å². The number of ether oxygens (including phenoxy) is 1. The van der Waals surface area contributed by atoms with Crippen molar-refractivity contribution in [2.45, 2.75) is 71.1 Å². The van der Waals surface area contributed by atoms with Crippen LogP contribution in [0.1, 0.15) is 64.0 Å². The number of nitrogens with one attached hydrogen (secondary N) is 1. The van der Waals surface area contributed by atoms with Crippen molar-refractivity contribution < 1.29 is 9.84 Å². The van der Waals surface area contributed by atoms with E-state index in [1.54, 1.807) is 0 Å². The molecule has 3 rings (SSSR count). The molecule has 2 aromatic rings. The average molecular weight is 391 g/mol. The highest BCUT2D eigenvalue weighted by molar-refractivity contribution is 6.35. The topological polar surface area (TPSA) is 54.4 Å². The van der Waals surface area contributed by atoms with Crippen LogP contribution in [0.4, 0.5) is 0 Å². The second-order valence-electron chi connectivity index (χ2n) is 7.60. The Morgan fingerprint density at radius 2 is 2.00 bits per heavy atom. The van der Waals surface area contributed by atoms with Gasteiger partial charge in [0.25, 0.3) is 0 Å². The van der Waals surface area contributed by atoms with Gasteiger partial charge in [-0.05, 0) is 55.9 Å². The van der Waals surface area contributed by atoms with Crippen molar-refractivity contribution >= 4 is 22.5 Å². The summed E-state index contributed by atoms with van der Waals surface area (Å²) in [5, 5.41) is 14.9. The van der Waals surface area contributed by atoms with E-state index in [4.69, 9.17) is 21.3 Å². The summed E-state index contributed by atoms with van der Waals surface area (Å²) in [6.45, 7) is 3.49. The number of aromatic nitrogens is 1. The lowest BCUT2D eigenvalue weighted by Crippen LogP contribution is -2.28. The lowest BCUT2D eigenvalue weighted by atomic mass is 10.1. The number of fused-ring (bicyclic) bond motifs is 1. The molecular weight excluding hydrogens is 360 g/mol. The number of benzene rings is 1. The van der Waals surface area contributed by atoms with Crippen molar-refractivity contribution in [3.05, 3.63) is 35.0 Å². The molecule has 1 saturated carbocycles. The zero-order chi connectivity index (χ0) is 19.1. The highest BCUT2D eigenvalue weighted by Crippen LogP contribution is 2.33. The van der Waals surface area contributed by atoms with Crippen LogP contribution in [0, 0.1) is 5.92 Å². The minimum atomic E-state index is -0.492. The molecule has 0 radical (unpaired) electrons. The monoisotopic (exact) mass is 390 g/mol. The van der Waals surface area contributed by atoms with Crippen molar-refractivity contribution in [3.8, 4) is 5.75 Å². The molecule has 1 heterocycles. The van der Waals surface area contributed by atoms with Crippen molar-refractivity contribution in [1.29, 1.82) is 0 Å². The van der Waals surface area contributed by atoms with Crippen LogP contribution < -0.4 is 10.1 Å². The fourth-order valence-corrected chi connectivity index (χ4v) is 3.39. The third kappa shape index (κ3) is 6.34. The normalized spacial score (nSPS) is 15.2. The zero-order valence-electron chi connectivity index (χ0n) is 16.2. The molecule has 5 heteroatoms. The molecule has 27 heavy (non-hydrogen) atoms. The second-order valence-corrected chi connectivity index (χ2v) is 8.01. The van der Waals surface area contributed by atoms with Crippen LogP contribution in [-0.4, -0.2) is 22.9 Å². The van der Waals surface area contributed by atoms with Gasteiger partial charge in [0.1, 0.15) is 17.5 Å². The van der Waals surface area contributed by atoms with E-state index in [1.807, 2.05) is 24.3 Å². The van der Waals surface area contributed by atoms with Gasteiger partial charge in [-0.3, -0.25) is 5.32 Å². The summed E-state index contributed by atoms with van der Waals surface area (Å²) in [5.74, 6) is 1.48. The summed E-state index contributed by atoms with van der Waals surface area (Å²) < 4.78 is 5.97. The number of pyridine rings is 1. The van der Waals surface area contributed by atoms with E-state index >= 15 is 0 Å². The number of nitrogens with zero attached hydrogens (tertiary/aromatic N) is 1. The van der Waals surface area contributed by atoms with E-state index in [9.17, 15) is 5.11 Å². The third-order valence-corrected chi connectivity index (χ3v) is 5.43. The van der Waals surface area contributed by atoms with E-state index in [0.29, 0.717) is 17.5 Å². The van der Waals surface area contributed by atoms with E-state index in [2.05, 4.69) is 12.2 Å². The highest BCUT2D eigenvalue weighted by atomic mass is 35.5. The Morgan fingerprint density at radius 1 is 1.19 bits per heavy atom. The Morgan fingerprint density at radius 3 is 2.78 bits per heavy atom. The van der Waals surface area contributed by atoms with E-state index in [0.717, 1.165) is 41.8 Å². The van der Waals surface area contributed by atoms with Crippen LogP contribution in [0.25, 0.3) is 10.9 Å². The van der Waals surface area contributed by atoms with E-state index in [1.165, 1.54) is 38.5 Å². The smallest absolute Gasteiger partial charge is 0.145 e. The molecule has 2 N–H and O–H groups in total. The number of unbranched alkanes of at least 4 members (excludes halogenated alkanes) is 4. The fourth-order valence-electron chi connectivity index (χ4n) is 3.17. The molecule has 1 fully saturated rings. The van der Waals surface area contributed by atoms with Crippen LogP contribution in [0.5, 0.6) is 5.75 Å². The van der Waals surface area contributed by atoms with Gasteiger partial charge in [-0.1, -0.05) is 44.2 Å². The van der Waals surface area contributed by atoms with Gasteiger partial charge in [-0.15, -0.1) is 0 Å². The Kier molecular flexibility index (Phi) is 7.74. The maximum absolute atomic E-state index is 10.1. The molecular formula is C22H31ClN2O2. The number of halogens is 1. The molecule has 0 amide bonds. The van der Waals surface area contributed by atoms with Crippen molar-refractivity contribution in [3.63, 3.8) is 0 Å². The number of aliphatic hydroxyl groups excluding tert-OH is 1. The minimum Gasteiger partial charge on any atom is -0.491 e. The number of hydrogen-bond donors (Lipinski definition) is 2. The van der Waals surface area contributed by atoms with Crippen LogP contribution in [-0.2, 0) is 6.54 Å². The van der Waals surface area contributed by atoms with E-state index < -0.39 is 6.23 Å². The SMILES string of the molecule is CCCCCCCC(O)NCc1ccc2c(Cl)ccc(OCC3CC3)c2n1. The van der Waals surface area contributed by atoms with Gasteiger partial charge in [0.15, 0.2) is 0 Å². The van der Waals surface area contributed by atoms with Crippen molar-refractivity contribution in [2.75, 3.05) is 6.61 Å². The molecule has 4 nitrogen and oxygen atoms in total. The zero-order valence-corrected chi connectivity index (χ0v) is 17.0. The Hall–Kier alpha value is -1.36. The Labute approximate surface area is 167 Å². The van der Waals surface area contributed by atoms with Gasteiger partial charge in [0, 0.05) is 11.9 Å². The Bertz CT molecular complexity index is 734. The standard InChI is InChI=1S/C22H31ClN2O2/c1-2-3-4-5-6-7-21(26)24-14-17-10-11-18-19(23)12-13-20(22(18)25-17)27-15-16-8-9-16/h10-13,16,21,24,26H,2-9,14-15H2,1H3. The first-order chi connectivity index (χ1) is 13.2. The summed E-state index contributed by atoms with van der Waals surface area (Å²) in [5.41, 5.74) is 1.68. The molecule has 1 aromatic carbocycles. The first-order valence-electron chi connectivity index (χ1n) is 10.3. The predicted octanol–water partition coefficient (Wildman–Crippen LogP) is 5.45. The molecule has 0 bridgehead atoms. The summed E-state index contributed by atoms with van der Waals surface area (Å²) in [6, 6.07) is 7.72. The van der Waals surface area contributed by atoms with Crippen LogP contribution in [0.15, 0.2) is 24.3 Å². The largest absolute Gasteiger partial charge is 0.491 e.